The molecule has 1 aromatic carbocycles. The second-order valence-electron chi connectivity index (χ2n) is 3.50. The zero-order valence-corrected chi connectivity index (χ0v) is 9.66. The number of nitrogens with one attached hydrogen (secondary N) is 1. The van der Waals surface area contributed by atoms with Crippen molar-refractivity contribution in [3.05, 3.63) is 34.3 Å². The molecular weight excluding hydrogens is 230 g/mol. The second-order valence-corrected chi connectivity index (χ2v) is 3.91. The molecule has 0 aliphatic carbocycles. The lowest BCUT2D eigenvalue weighted by atomic mass is 10.1. The van der Waals surface area contributed by atoms with Gasteiger partial charge in [-0.3, -0.25) is 4.79 Å². The molecule has 1 rings (SSSR count). The number of amides is 1. The highest BCUT2D eigenvalue weighted by Gasteiger charge is 2.12. The van der Waals surface area contributed by atoms with Crippen LogP contribution in [0.25, 0.3) is 0 Å². The molecule has 0 atom stereocenters. The van der Waals surface area contributed by atoms with Crippen molar-refractivity contribution in [2.45, 2.75) is 13.0 Å². The maximum atomic E-state index is 11.6. The van der Waals surface area contributed by atoms with E-state index in [2.05, 4.69) is 5.32 Å². The molecule has 0 spiro atoms. The first-order chi connectivity index (χ1) is 7.58. The van der Waals surface area contributed by atoms with Gasteiger partial charge in [-0.1, -0.05) is 17.7 Å². The minimum absolute atomic E-state index is 0.304. The van der Waals surface area contributed by atoms with Crippen LogP contribution in [0.15, 0.2) is 18.2 Å². The molecule has 1 aromatic rings. The van der Waals surface area contributed by atoms with E-state index in [1.165, 1.54) is 0 Å². The lowest BCUT2D eigenvalue weighted by Crippen LogP contribution is -2.40. The van der Waals surface area contributed by atoms with Crippen LogP contribution >= 0.6 is 11.6 Å². The average Bonchev–Trinajstić information content (AvgIpc) is 2.29. The first-order valence-corrected chi connectivity index (χ1v) is 5.25. The minimum atomic E-state index is -0.646. The minimum Gasteiger partial charge on any atom is -0.394 e. The molecule has 0 unspecified atom stereocenters. The van der Waals surface area contributed by atoms with Crippen molar-refractivity contribution in [1.29, 1.82) is 0 Å². The normalized spacial score (nSPS) is 10.6. The molecule has 0 radical (unpaired) electrons. The van der Waals surface area contributed by atoms with Crippen molar-refractivity contribution >= 4 is 17.5 Å². The lowest BCUT2D eigenvalue weighted by molar-refractivity contribution is 0.0879. The Kier molecular flexibility index (Phi) is 4.73. The molecular formula is C11H14ClNO3. The molecule has 0 aliphatic heterocycles. The largest absolute Gasteiger partial charge is 0.394 e. The molecule has 0 heterocycles. The molecule has 4 nitrogen and oxygen atoms in total. The molecule has 0 bridgehead atoms. The Balaban J connectivity index is 2.76. The number of benzene rings is 1. The average molecular weight is 244 g/mol. The van der Waals surface area contributed by atoms with E-state index in [-0.39, 0.29) is 19.1 Å². The van der Waals surface area contributed by atoms with E-state index in [9.17, 15) is 4.79 Å². The van der Waals surface area contributed by atoms with E-state index in [1.54, 1.807) is 18.2 Å². The highest BCUT2D eigenvalue weighted by atomic mass is 35.5. The van der Waals surface area contributed by atoms with Gasteiger partial charge < -0.3 is 15.5 Å². The number of aliphatic hydroxyl groups is 2. The fourth-order valence-electron chi connectivity index (χ4n) is 1.15. The summed E-state index contributed by atoms with van der Waals surface area (Å²) in [4.78, 5) is 11.6. The van der Waals surface area contributed by atoms with Crippen LogP contribution in [0.3, 0.4) is 0 Å². The van der Waals surface area contributed by atoms with Gasteiger partial charge in [0.15, 0.2) is 0 Å². The Morgan fingerprint density at radius 3 is 2.56 bits per heavy atom. The van der Waals surface area contributed by atoms with Gasteiger partial charge in [-0.05, 0) is 24.6 Å². The Hall–Kier alpha value is -1.10. The Morgan fingerprint density at radius 1 is 1.44 bits per heavy atom. The molecule has 3 N–H and O–H groups in total. The third kappa shape index (κ3) is 3.20. The summed E-state index contributed by atoms with van der Waals surface area (Å²) >= 11 is 5.88. The summed E-state index contributed by atoms with van der Waals surface area (Å²) in [6.45, 7) is 1.23. The number of carbonyl (C=O) groups excluding carboxylic acids is 1. The van der Waals surface area contributed by atoms with Gasteiger partial charge in [-0.25, -0.2) is 0 Å². The molecule has 0 aliphatic rings. The summed E-state index contributed by atoms with van der Waals surface area (Å²) in [6, 6.07) is 4.29. The van der Waals surface area contributed by atoms with Gasteiger partial charge in [-0.2, -0.15) is 0 Å². The van der Waals surface area contributed by atoms with Crippen LogP contribution in [0, 0.1) is 6.92 Å². The Labute approximate surface area is 98.9 Å². The fraction of sp³-hybridized carbons (Fsp3) is 0.364. The van der Waals surface area contributed by atoms with E-state index in [0.29, 0.717) is 10.6 Å². The van der Waals surface area contributed by atoms with Gasteiger partial charge >= 0.3 is 0 Å². The van der Waals surface area contributed by atoms with E-state index in [4.69, 9.17) is 21.8 Å². The summed E-state index contributed by atoms with van der Waals surface area (Å²) < 4.78 is 0. The van der Waals surface area contributed by atoms with E-state index in [1.807, 2.05) is 6.92 Å². The number of hydrogen-bond acceptors (Lipinski definition) is 3. The number of rotatable bonds is 4. The summed E-state index contributed by atoms with van der Waals surface area (Å²) in [5, 5.41) is 20.6. The zero-order valence-electron chi connectivity index (χ0n) is 8.90. The summed E-state index contributed by atoms with van der Waals surface area (Å²) in [5.41, 5.74) is 1.29. The molecule has 0 saturated heterocycles. The van der Waals surface area contributed by atoms with Crippen molar-refractivity contribution in [2.75, 3.05) is 13.2 Å². The predicted molar refractivity (Wildman–Crippen MR) is 61.6 cm³/mol. The first kappa shape index (κ1) is 13.0. The van der Waals surface area contributed by atoms with Crippen molar-refractivity contribution in [3.8, 4) is 0 Å². The quantitative estimate of drug-likeness (QED) is 0.730. The van der Waals surface area contributed by atoms with Gasteiger partial charge in [0.1, 0.15) is 0 Å². The SMILES string of the molecule is Cc1ccc(C(=O)NC(CO)CO)cc1Cl. The number of halogens is 1. The monoisotopic (exact) mass is 243 g/mol. The summed E-state index contributed by atoms with van der Waals surface area (Å²) in [7, 11) is 0. The highest BCUT2D eigenvalue weighted by molar-refractivity contribution is 6.31. The topological polar surface area (TPSA) is 69.6 Å². The maximum absolute atomic E-state index is 11.6. The van der Waals surface area contributed by atoms with E-state index in [0.717, 1.165) is 5.56 Å². The molecule has 0 aromatic heterocycles. The zero-order chi connectivity index (χ0) is 12.1. The molecule has 0 saturated carbocycles. The van der Waals surface area contributed by atoms with Crippen molar-refractivity contribution in [2.24, 2.45) is 0 Å². The van der Waals surface area contributed by atoms with Crippen LogP contribution in [0.2, 0.25) is 5.02 Å². The standard InChI is InChI=1S/C11H14ClNO3/c1-7-2-3-8(4-10(7)12)11(16)13-9(5-14)6-15/h2-4,9,14-15H,5-6H2,1H3,(H,13,16). The van der Waals surface area contributed by atoms with Crippen molar-refractivity contribution < 1.29 is 15.0 Å². The van der Waals surface area contributed by atoms with Crippen LogP contribution in [0.1, 0.15) is 15.9 Å². The van der Waals surface area contributed by atoms with E-state index >= 15 is 0 Å². The number of aryl methyl sites for hydroxylation is 1. The van der Waals surface area contributed by atoms with Crippen molar-refractivity contribution in [3.63, 3.8) is 0 Å². The molecule has 0 fully saturated rings. The predicted octanol–water partition coefficient (Wildman–Crippen LogP) is 0.731. The third-order valence-corrected chi connectivity index (χ3v) is 2.62. The highest BCUT2D eigenvalue weighted by Crippen LogP contribution is 2.16. The number of carbonyl (C=O) groups is 1. The van der Waals surface area contributed by atoms with Crippen LogP contribution in [-0.4, -0.2) is 35.4 Å². The third-order valence-electron chi connectivity index (χ3n) is 2.21. The Bertz CT molecular complexity index is 377. The summed E-state index contributed by atoms with van der Waals surface area (Å²) in [6.07, 6.45) is 0. The smallest absolute Gasteiger partial charge is 0.251 e. The van der Waals surface area contributed by atoms with Crippen molar-refractivity contribution in [1.82, 2.24) is 5.32 Å². The van der Waals surface area contributed by atoms with Crippen LogP contribution in [-0.2, 0) is 0 Å². The second kappa shape index (κ2) is 5.84. The molecule has 16 heavy (non-hydrogen) atoms. The van der Waals surface area contributed by atoms with Crippen LogP contribution < -0.4 is 5.32 Å². The van der Waals surface area contributed by atoms with Gasteiger partial charge in [0.25, 0.3) is 5.91 Å². The Morgan fingerprint density at radius 2 is 2.06 bits per heavy atom. The number of hydrogen-bond donors (Lipinski definition) is 3. The van der Waals surface area contributed by atoms with E-state index < -0.39 is 6.04 Å². The van der Waals surface area contributed by atoms with Gasteiger partial charge in [0, 0.05) is 10.6 Å². The molecule has 5 heteroatoms. The number of aliphatic hydroxyl groups excluding tert-OH is 2. The summed E-state index contributed by atoms with van der Waals surface area (Å²) in [5.74, 6) is -0.366. The maximum Gasteiger partial charge on any atom is 0.251 e. The van der Waals surface area contributed by atoms with Gasteiger partial charge in [0.2, 0.25) is 0 Å². The fourth-order valence-corrected chi connectivity index (χ4v) is 1.33. The molecule has 88 valence electrons. The van der Waals surface area contributed by atoms with Gasteiger partial charge in [-0.15, -0.1) is 0 Å². The van der Waals surface area contributed by atoms with Crippen LogP contribution in [0.4, 0.5) is 0 Å². The molecule has 1 amide bonds. The first-order valence-electron chi connectivity index (χ1n) is 4.87. The van der Waals surface area contributed by atoms with Gasteiger partial charge in [0.05, 0.1) is 19.3 Å². The lowest BCUT2D eigenvalue weighted by Gasteiger charge is -2.13. The van der Waals surface area contributed by atoms with Crippen LogP contribution in [0.5, 0.6) is 0 Å².